The molecule has 9 heteroatoms. The average Bonchev–Trinajstić information content (AvgIpc) is 3.12. The summed E-state index contributed by atoms with van der Waals surface area (Å²) in [6, 6.07) is 1.49. The van der Waals surface area contributed by atoms with Crippen molar-refractivity contribution in [3.8, 4) is 0 Å². The number of aliphatic hydroxyl groups is 1. The van der Waals surface area contributed by atoms with Crippen LogP contribution in [0.2, 0.25) is 0 Å². The summed E-state index contributed by atoms with van der Waals surface area (Å²) < 4.78 is 30.2. The molecule has 2 aromatic rings. The lowest BCUT2D eigenvalue weighted by molar-refractivity contribution is 0.271. The van der Waals surface area contributed by atoms with Crippen LogP contribution >= 0.6 is 0 Å². The normalized spacial score (nSPS) is 11.9. The van der Waals surface area contributed by atoms with Crippen molar-refractivity contribution in [3.05, 3.63) is 30.4 Å². The SMILES string of the molecule is CCn1cc(S(=O)(=O)NCCCn2ccnn2)cc1CO. The van der Waals surface area contributed by atoms with Gasteiger partial charge >= 0.3 is 0 Å². The second kappa shape index (κ2) is 6.83. The van der Waals surface area contributed by atoms with Gasteiger partial charge in [-0.1, -0.05) is 5.21 Å². The van der Waals surface area contributed by atoms with Gasteiger partial charge in [-0.2, -0.15) is 0 Å². The summed E-state index contributed by atoms with van der Waals surface area (Å²) in [6.07, 6.45) is 5.45. The summed E-state index contributed by atoms with van der Waals surface area (Å²) in [4.78, 5) is 0.175. The minimum absolute atomic E-state index is 0.175. The van der Waals surface area contributed by atoms with Gasteiger partial charge in [0.25, 0.3) is 0 Å². The number of rotatable bonds is 8. The molecule has 21 heavy (non-hydrogen) atoms. The molecule has 0 amide bonds. The molecule has 0 aliphatic carbocycles. The van der Waals surface area contributed by atoms with E-state index in [-0.39, 0.29) is 11.5 Å². The van der Waals surface area contributed by atoms with E-state index in [2.05, 4.69) is 15.0 Å². The topological polar surface area (TPSA) is 102 Å². The fourth-order valence-corrected chi connectivity index (χ4v) is 3.12. The minimum Gasteiger partial charge on any atom is -0.390 e. The van der Waals surface area contributed by atoms with Gasteiger partial charge < -0.3 is 9.67 Å². The van der Waals surface area contributed by atoms with Crippen LogP contribution < -0.4 is 4.72 Å². The molecule has 2 N–H and O–H groups in total. The Hall–Kier alpha value is -1.71. The number of aliphatic hydroxyl groups excluding tert-OH is 1. The fourth-order valence-electron chi connectivity index (χ4n) is 1.98. The van der Waals surface area contributed by atoms with E-state index < -0.39 is 10.0 Å². The Kier molecular flexibility index (Phi) is 5.10. The van der Waals surface area contributed by atoms with Gasteiger partial charge in [0.15, 0.2) is 0 Å². The molecule has 2 aromatic heterocycles. The molecule has 0 aromatic carbocycles. The van der Waals surface area contributed by atoms with Crippen LogP contribution in [0, 0.1) is 0 Å². The fraction of sp³-hybridized carbons (Fsp3) is 0.500. The quantitative estimate of drug-likeness (QED) is 0.666. The number of sulfonamides is 1. The maximum absolute atomic E-state index is 12.2. The molecule has 0 bridgehead atoms. The van der Waals surface area contributed by atoms with Crippen LogP contribution in [-0.4, -0.2) is 39.6 Å². The third-order valence-corrected chi connectivity index (χ3v) is 4.53. The van der Waals surface area contributed by atoms with Gasteiger partial charge in [0.1, 0.15) is 0 Å². The van der Waals surface area contributed by atoms with E-state index in [1.54, 1.807) is 21.6 Å². The van der Waals surface area contributed by atoms with E-state index in [1.807, 2.05) is 6.92 Å². The number of nitrogens with zero attached hydrogens (tertiary/aromatic N) is 4. The molecule has 0 saturated heterocycles. The summed E-state index contributed by atoms with van der Waals surface area (Å²) in [5.74, 6) is 0. The van der Waals surface area contributed by atoms with E-state index in [0.29, 0.717) is 31.7 Å². The smallest absolute Gasteiger partial charge is 0.242 e. The Bertz CT molecular complexity index is 642. The predicted molar refractivity (Wildman–Crippen MR) is 75.9 cm³/mol. The van der Waals surface area contributed by atoms with Crippen molar-refractivity contribution >= 4 is 10.0 Å². The monoisotopic (exact) mass is 313 g/mol. The van der Waals surface area contributed by atoms with Crippen molar-refractivity contribution in [2.75, 3.05) is 6.54 Å². The van der Waals surface area contributed by atoms with E-state index in [0.717, 1.165) is 0 Å². The molecule has 0 aliphatic rings. The van der Waals surface area contributed by atoms with E-state index in [1.165, 1.54) is 12.3 Å². The third-order valence-electron chi connectivity index (χ3n) is 3.10. The highest BCUT2D eigenvalue weighted by Crippen LogP contribution is 2.14. The van der Waals surface area contributed by atoms with Crippen LogP contribution in [0.3, 0.4) is 0 Å². The van der Waals surface area contributed by atoms with Gasteiger partial charge in [0, 0.05) is 37.7 Å². The molecular weight excluding hydrogens is 294 g/mol. The summed E-state index contributed by atoms with van der Waals surface area (Å²) in [5, 5.41) is 16.7. The molecule has 0 aliphatic heterocycles. The lowest BCUT2D eigenvalue weighted by Crippen LogP contribution is -2.25. The van der Waals surface area contributed by atoms with Crippen LogP contribution in [-0.2, 0) is 29.7 Å². The van der Waals surface area contributed by atoms with Gasteiger partial charge in [-0.15, -0.1) is 5.10 Å². The van der Waals surface area contributed by atoms with E-state index in [9.17, 15) is 13.5 Å². The highest BCUT2D eigenvalue weighted by molar-refractivity contribution is 7.89. The zero-order chi connectivity index (χ0) is 15.3. The molecule has 0 fully saturated rings. The summed E-state index contributed by atoms with van der Waals surface area (Å²) in [5.41, 5.74) is 0.584. The summed E-state index contributed by atoms with van der Waals surface area (Å²) in [6.45, 7) is 3.23. The average molecular weight is 313 g/mol. The Morgan fingerprint density at radius 3 is 2.81 bits per heavy atom. The van der Waals surface area contributed by atoms with Gasteiger partial charge in [-0.3, -0.25) is 4.68 Å². The largest absolute Gasteiger partial charge is 0.390 e. The lowest BCUT2D eigenvalue weighted by Gasteiger charge is -2.05. The minimum atomic E-state index is -3.55. The summed E-state index contributed by atoms with van der Waals surface area (Å²) in [7, 11) is -3.55. The van der Waals surface area contributed by atoms with E-state index in [4.69, 9.17) is 0 Å². The second-order valence-electron chi connectivity index (χ2n) is 4.53. The van der Waals surface area contributed by atoms with Crippen LogP contribution in [0.25, 0.3) is 0 Å². The van der Waals surface area contributed by atoms with Crippen molar-refractivity contribution in [2.24, 2.45) is 0 Å². The molecule has 8 nitrogen and oxygen atoms in total. The van der Waals surface area contributed by atoms with Crippen molar-refractivity contribution in [1.82, 2.24) is 24.3 Å². The second-order valence-corrected chi connectivity index (χ2v) is 6.30. The Balaban J connectivity index is 1.93. The lowest BCUT2D eigenvalue weighted by atomic mass is 10.4. The molecule has 0 unspecified atom stereocenters. The zero-order valence-corrected chi connectivity index (χ0v) is 12.6. The predicted octanol–water partition coefficient (Wildman–Crippen LogP) is -0.0396. The van der Waals surface area contributed by atoms with Gasteiger partial charge in [0.2, 0.25) is 10.0 Å². The molecule has 2 rings (SSSR count). The molecule has 2 heterocycles. The molecule has 0 saturated carbocycles. The zero-order valence-electron chi connectivity index (χ0n) is 11.8. The van der Waals surface area contributed by atoms with Crippen LogP contribution in [0.4, 0.5) is 0 Å². The Morgan fingerprint density at radius 2 is 2.24 bits per heavy atom. The van der Waals surface area contributed by atoms with Crippen LogP contribution in [0.5, 0.6) is 0 Å². The standard InChI is InChI=1S/C12H19N5O3S/c1-2-16-9-12(8-11(16)10-18)21(19,20)14-4-3-6-17-7-5-13-15-17/h5,7-9,14,18H,2-4,6,10H2,1H3. The molecule has 116 valence electrons. The first-order valence-corrected chi connectivity index (χ1v) is 8.19. The first-order valence-electron chi connectivity index (χ1n) is 6.70. The molecule has 0 spiro atoms. The Morgan fingerprint density at radius 1 is 1.43 bits per heavy atom. The highest BCUT2D eigenvalue weighted by Gasteiger charge is 2.17. The molecule has 0 atom stereocenters. The number of aromatic nitrogens is 4. The van der Waals surface area contributed by atoms with Gasteiger partial charge in [-0.25, -0.2) is 13.1 Å². The van der Waals surface area contributed by atoms with Crippen molar-refractivity contribution in [3.63, 3.8) is 0 Å². The van der Waals surface area contributed by atoms with Gasteiger partial charge in [0.05, 0.1) is 17.7 Å². The van der Waals surface area contributed by atoms with Crippen molar-refractivity contribution < 1.29 is 13.5 Å². The number of hydrogen-bond donors (Lipinski definition) is 2. The maximum Gasteiger partial charge on any atom is 0.242 e. The van der Waals surface area contributed by atoms with Crippen LogP contribution in [0.15, 0.2) is 29.6 Å². The van der Waals surface area contributed by atoms with Crippen molar-refractivity contribution in [2.45, 2.75) is 37.9 Å². The number of nitrogens with one attached hydrogen (secondary N) is 1. The first-order chi connectivity index (χ1) is 10.1. The van der Waals surface area contributed by atoms with Crippen molar-refractivity contribution in [1.29, 1.82) is 0 Å². The maximum atomic E-state index is 12.2. The summed E-state index contributed by atoms with van der Waals surface area (Å²) >= 11 is 0. The third kappa shape index (κ3) is 3.90. The molecule has 0 radical (unpaired) electrons. The number of aryl methyl sites for hydroxylation is 2. The Labute approximate surface area is 123 Å². The number of hydrogen-bond acceptors (Lipinski definition) is 5. The van der Waals surface area contributed by atoms with Crippen LogP contribution in [0.1, 0.15) is 19.0 Å². The first kappa shape index (κ1) is 15.7. The van der Waals surface area contributed by atoms with Gasteiger partial charge in [-0.05, 0) is 19.4 Å². The van der Waals surface area contributed by atoms with E-state index >= 15 is 0 Å². The molecular formula is C12H19N5O3S. The highest BCUT2D eigenvalue weighted by atomic mass is 32.2.